The zero-order chi connectivity index (χ0) is 10.8. The number of carboxylic acids is 1. The summed E-state index contributed by atoms with van der Waals surface area (Å²) in [5.74, 6) is -1.01. The maximum atomic E-state index is 11.0. The van der Waals surface area contributed by atoms with Gasteiger partial charge < -0.3 is 5.11 Å². The van der Waals surface area contributed by atoms with Gasteiger partial charge in [0.1, 0.15) is 12.4 Å². The summed E-state index contributed by atoms with van der Waals surface area (Å²) in [7, 11) is 0. The standard InChI is InChI=1S/C8H10N4O2/c1-3-8(2,7(13)14)12-5-10-6(4-9)11-12/h5H,3H2,1-2H3,(H,13,14). The molecule has 74 valence electrons. The zero-order valence-corrected chi connectivity index (χ0v) is 7.93. The maximum Gasteiger partial charge on any atom is 0.331 e. The van der Waals surface area contributed by atoms with Crippen LogP contribution in [0.4, 0.5) is 0 Å². The van der Waals surface area contributed by atoms with Gasteiger partial charge in [-0.25, -0.2) is 14.5 Å². The number of aromatic nitrogens is 3. The van der Waals surface area contributed by atoms with E-state index in [9.17, 15) is 4.79 Å². The highest BCUT2D eigenvalue weighted by Crippen LogP contribution is 2.18. The van der Waals surface area contributed by atoms with Crippen molar-refractivity contribution in [1.29, 1.82) is 5.26 Å². The first-order valence-corrected chi connectivity index (χ1v) is 4.10. The summed E-state index contributed by atoms with van der Waals surface area (Å²) in [5.41, 5.74) is -1.14. The summed E-state index contributed by atoms with van der Waals surface area (Å²) >= 11 is 0. The van der Waals surface area contributed by atoms with E-state index >= 15 is 0 Å². The number of nitriles is 1. The summed E-state index contributed by atoms with van der Waals surface area (Å²) in [6.45, 7) is 3.27. The van der Waals surface area contributed by atoms with Crippen molar-refractivity contribution in [1.82, 2.24) is 14.8 Å². The first-order valence-electron chi connectivity index (χ1n) is 4.10. The van der Waals surface area contributed by atoms with Gasteiger partial charge in [0, 0.05) is 0 Å². The van der Waals surface area contributed by atoms with Crippen LogP contribution >= 0.6 is 0 Å². The highest BCUT2D eigenvalue weighted by atomic mass is 16.4. The lowest BCUT2D eigenvalue weighted by molar-refractivity contribution is -0.147. The van der Waals surface area contributed by atoms with Crippen LogP contribution in [0.2, 0.25) is 0 Å². The van der Waals surface area contributed by atoms with Gasteiger partial charge in [-0.1, -0.05) is 6.92 Å². The number of nitrogens with zero attached hydrogens (tertiary/aromatic N) is 4. The molecule has 1 unspecified atom stereocenters. The molecule has 1 rings (SSSR count). The van der Waals surface area contributed by atoms with E-state index in [4.69, 9.17) is 10.4 Å². The molecule has 1 aromatic rings. The predicted molar refractivity (Wildman–Crippen MR) is 46.3 cm³/mol. The molecule has 0 spiro atoms. The average molecular weight is 194 g/mol. The van der Waals surface area contributed by atoms with Gasteiger partial charge in [-0.3, -0.25) is 0 Å². The third-order valence-electron chi connectivity index (χ3n) is 2.25. The van der Waals surface area contributed by atoms with Crippen LogP contribution in [0.25, 0.3) is 0 Å². The Morgan fingerprint density at radius 2 is 2.50 bits per heavy atom. The third-order valence-corrected chi connectivity index (χ3v) is 2.25. The fourth-order valence-electron chi connectivity index (χ4n) is 0.963. The number of aliphatic carboxylic acids is 1. The lowest BCUT2D eigenvalue weighted by Crippen LogP contribution is -2.38. The van der Waals surface area contributed by atoms with E-state index < -0.39 is 11.5 Å². The third kappa shape index (κ3) is 1.44. The van der Waals surface area contributed by atoms with Crippen LogP contribution in [-0.2, 0) is 10.3 Å². The second-order valence-electron chi connectivity index (χ2n) is 3.06. The molecule has 0 saturated carbocycles. The molecule has 14 heavy (non-hydrogen) atoms. The first kappa shape index (κ1) is 10.2. The largest absolute Gasteiger partial charge is 0.479 e. The summed E-state index contributed by atoms with van der Waals surface area (Å²) in [6.07, 6.45) is 1.63. The fourth-order valence-corrected chi connectivity index (χ4v) is 0.963. The van der Waals surface area contributed by atoms with Crippen LogP contribution in [0.5, 0.6) is 0 Å². The Hall–Kier alpha value is -1.90. The van der Waals surface area contributed by atoms with Crippen LogP contribution in [0.3, 0.4) is 0 Å². The predicted octanol–water partition coefficient (Wildman–Crippen LogP) is 0.360. The van der Waals surface area contributed by atoms with Gasteiger partial charge in [-0.05, 0) is 13.3 Å². The Morgan fingerprint density at radius 1 is 1.86 bits per heavy atom. The first-order chi connectivity index (χ1) is 6.54. The second-order valence-corrected chi connectivity index (χ2v) is 3.06. The van der Waals surface area contributed by atoms with E-state index in [-0.39, 0.29) is 5.82 Å². The summed E-state index contributed by atoms with van der Waals surface area (Å²) < 4.78 is 1.20. The van der Waals surface area contributed by atoms with Crippen molar-refractivity contribution in [3.63, 3.8) is 0 Å². The van der Waals surface area contributed by atoms with Crippen molar-refractivity contribution in [2.45, 2.75) is 25.8 Å². The van der Waals surface area contributed by atoms with E-state index in [1.165, 1.54) is 17.9 Å². The molecule has 1 heterocycles. The van der Waals surface area contributed by atoms with E-state index in [1.807, 2.05) is 0 Å². The average Bonchev–Trinajstić information content (AvgIpc) is 2.64. The SMILES string of the molecule is CCC(C)(C(=O)O)n1cnc(C#N)n1. The van der Waals surface area contributed by atoms with E-state index in [0.29, 0.717) is 6.42 Å². The number of hydrogen-bond donors (Lipinski definition) is 1. The zero-order valence-electron chi connectivity index (χ0n) is 7.93. The molecule has 6 heteroatoms. The van der Waals surface area contributed by atoms with Crippen LogP contribution < -0.4 is 0 Å². The Bertz CT molecular complexity index is 392. The summed E-state index contributed by atoms with van der Waals surface area (Å²) in [5, 5.41) is 21.2. The molecule has 0 aliphatic heterocycles. The van der Waals surface area contributed by atoms with Crippen LogP contribution in [0, 0.1) is 11.3 Å². The van der Waals surface area contributed by atoms with Gasteiger partial charge >= 0.3 is 5.97 Å². The van der Waals surface area contributed by atoms with Gasteiger partial charge in [-0.2, -0.15) is 5.26 Å². The monoisotopic (exact) mass is 194 g/mol. The molecule has 0 bridgehead atoms. The van der Waals surface area contributed by atoms with Crippen molar-refractivity contribution in [2.24, 2.45) is 0 Å². The fraction of sp³-hybridized carbons (Fsp3) is 0.500. The molecule has 1 aromatic heterocycles. The Kier molecular flexibility index (Phi) is 2.51. The molecular formula is C8H10N4O2. The number of rotatable bonds is 3. The second kappa shape index (κ2) is 3.46. The van der Waals surface area contributed by atoms with Gasteiger partial charge in [0.05, 0.1) is 0 Å². The maximum absolute atomic E-state index is 11.0. The topological polar surface area (TPSA) is 91.8 Å². The van der Waals surface area contributed by atoms with Crippen molar-refractivity contribution in [2.75, 3.05) is 0 Å². The van der Waals surface area contributed by atoms with Crippen LogP contribution in [0.15, 0.2) is 6.33 Å². The van der Waals surface area contributed by atoms with E-state index in [2.05, 4.69) is 10.1 Å². The van der Waals surface area contributed by atoms with Gasteiger partial charge in [-0.15, -0.1) is 5.10 Å². The molecule has 1 atom stereocenters. The molecule has 0 amide bonds. The van der Waals surface area contributed by atoms with Gasteiger partial charge in [0.25, 0.3) is 5.82 Å². The number of carboxylic acid groups (broad SMARTS) is 1. The Balaban J connectivity index is 3.14. The molecule has 0 fully saturated rings. The number of hydrogen-bond acceptors (Lipinski definition) is 4. The smallest absolute Gasteiger partial charge is 0.331 e. The molecule has 0 saturated heterocycles. The minimum Gasteiger partial charge on any atom is -0.479 e. The normalized spacial score (nSPS) is 14.4. The van der Waals surface area contributed by atoms with E-state index in [0.717, 1.165) is 0 Å². The van der Waals surface area contributed by atoms with Gasteiger partial charge in [0.15, 0.2) is 5.54 Å². The summed E-state index contributed by atoms with van der Waals surface area (Å²) in [4.78, 5) is 14.6. The quantitative estimate of drug-likeness (QED) is 0.749. The molecule has 6 nitrogen and oxygen atoms in total. The molecule has 0 radical (unpaired) electrons. The lowest BCUT2D eigenvalue weighted by Gasteiger charge is -2.22. The van der Waals surface area contributed by atoms with Crippen molar-refractivity contribution < 1.29 is 9.90 Å². The minimum atomic E-state index is -1.14. The molecule has 0 aliphatic rings. The molecule has 1 N–H and O–H groups in total. The highest BCUT2D eigenvalue weighted by Gasteiger charge is 2.34. The Morgan fingerprint density at radius 3 is 2.86 bits per heavy atom. The summed E-state index contributed by atoms with van der Waals surface area (Å²) in [6, 6.07) is 1.75. The van der Waals surface area contributed by atoms with Crippen LogP contribution in [0.1, 0.15) is 26.1 Å². The van der Waals surface area contributed by atoms with Crippen molar-refractivity contribution >= 4 is 5.97 Å². The molecule has 0 aromatic carbocycles. The van der Waals surface area contributed by atoms with Gasteiger partial charge in [0.2, 0.25) is 0 Å². The highest BCUT2D eigenvalue weighted by molar-refractivity contribution is 5.75. The van der Waals surface area contributed by atoms with Crippen LogP contribution in [-0.4, -0.2) is 25.8 Å². The van der Waals surface area contributed by atoms with Crippen molar-refractivity contribution in [3.05, 3.63) is 12.2 Å². The lowest BCUT2D eigenvalue weighted by atomic mass is 10.00. The molecular weight excluding hydrogens is 184 g/mol. The van der Waals surface area contributed by atoms with Crippen molar-refractivity contribution in [3.8, 4) is 6.07 Å². The number of carbonyl (C=O) groups is 1. The molecule has 0 aliphatic carbocycles. The van der Waals surface area contributed by atoms with E-state index in [1.54, 1.807) is 13.0 Å². The Labute approximate surface area is 80.8 Å². The minimum absolute atomic E-state index is 0.0223.